The Bertz CT molecular complexity index is 1310. The zero-order valence-corrected chi connectivity index (χ0v) is 18.9. The number of urea groups is 1. The summed E-state index contributed by atoms with van der Waals surface area (Å²) in [5.74, 6) is -1.52. The van der Waals surface area contributed by atoms with E-state index in [1.807, 2.05) is 0 Å². The van der Waals surface area contributed by atoms with Crippen LogP contribution in [0.15, 0.2) is 72.3 Å². The van der Waals surface area contributed by atoms with Gasteiger partial charge in [-0.25, -0.2) is 14.1 Å². The SMILES string of the molecule is CCOc1cc(/C=C2\C(=O)NC(=O)N(c3ccccc3)C2=O)cc(Cl)c1Cc1ccccc1F. The average molecular weight is 479 g/mol. The molecule has 1 N–H and O–H groups in total. The van der Waals surface area contributed by atoms with E-state index in [2.05, 4.69) is 5.32 Å². The van der Waals surface area contributed by atoms with Gasteiger partial charge in [-0.1, -0.05) is 48.0 Å². The first-order valence-electron chi connectivity index (χ1n) is 10.5. The van der Waals surface area contributed by atoms with Gasteiger partial charge in [0.15, 0.2) is 0 Å². The van der Waals surface area contributed by atoms with Crippen LogP contribution in [0.25, 0.3) is 6.08 Å². The van der Waals surface area contributed by atoms with Crippen molar-refractivity contribution in [1.29, 1.82) is 0 Å². The van der Waals surface area contributed by atoms with Crippen molar-refractivity contribution in [2.75, 3.05) is 11.5 Å². The molecular formula is C26H20ClFN2O4. The zero-order chi connectivity index (χ0) is 24.2. The molecule has 0 aromatic heterocycles. The normalized spacial score (nSPS) is 15.0. The molecule has 0 bridgehead atoms. The minimum atomic E-state index is -0.827. The Morgan fingerprint density at radius 1 is 1.03 bits per heavy atom. The minimum absolute atomic E-state index is 0.202. The van der Waals surface area contributed by atoms with Gasteiger partial charge in [0.1, 0.15) is 17.1 Å². The summed E-state index contributed by atoms with van der Waals surface area (Å²) in [7, 11) is 0. The molecule has 1 saturated heterocycles. The van der Waals surface area contributed by atoms with Crippen LogP contribution in [0.2, 0.25) is 5.02 Å². The molecule has 1 aliphatic heterocycles. The molecule has 1 heterocycles. The van der Waals surface area contributed by atoms with Gasteiger partial charge in [0, 0.05) is 17.0 Å². The molecule has 0 unspecified atom stereocenters. The van der Waals surface area contributed by atoms with E-state index in [1.165, 1.54) is 12.1 Å². The van der Waals surface area contributed by atoms with Crippen molar-refractivity contribution in [2.24, 2.45) is 0 Å². The van der Waals surface area contributed by atoms with Crippen molar-refractivity contribution in [1.82, 2.24) is 5.32 Å². The Morgan fingerprint density at radius 3 is 2.44 bits per heavy atom. The van der Waals surface area contributed by atoms with E-state index in [1.54, 1.807) is 67.6 Å². The van der Waals surface area contributed by atoms with Crippen LogP contribution in [0.5, 0.6) is 5.75 Å². The number of barbiturate groups is 1. The summed E-state index contributed by atoms with van der Waals surface area (Å²) in [5.41, 5.74) is 1.55. The lowest BCUT2D eigenvalue weighted by molar-refractivity contribution is -0.122. The zero-order valence-electron chi connectivity index (χ0n) is 18.2. The molecular weight excluding hydrogens is 459 g/mol. The van der Waals surface area contributed by atoms with Crippen molar-refractivity contribution in [3.63, 3.8) is 0 Å². The fourth-order valence-corrected chi connectivity index (χ4v) is 3.92. The summed E-state index contributed by atoms with van der Waals surface area (Å²) in [5, 5.41) is 2.48. The van der Waals surface area contributed by atoms with E-state index in [-0.39, 0.29) is 17.8 Å². The molecule has 172 valence electrons. The number of hydrogen-bond donors (Lipinski definition) is 1. The molecule has 0 radical (unpaired) electrons. The topological polar surface area (TPSA) is 75.7 Å². The van der Waals surface area contributed by atoms with E-state index in [0.29, 0.717) is 39.8 Å². The van der Waals surface area contributed by atoms with Crippen molar-refractivity contribution in [3.05, 3.63) is 99.8 Å². The molecule has 0 spiro atoms. The summed E-state index contributed by atoms with van der Waals surface area (Å²) >= 11 is 6.53. The second-order valence-electron chi connectivity index (χ2n) is 7.47. The molecule has 1 fully saturated rings. The number of rotatable bonds is 6. The van der Waals surface area contributed by atoms with E-state index >= 15 is 0 Å². The van der Waals surface area contributed by atoms with Crippen LogP contribution in [0.3, 0.4) is 0 Å². The Labute approximate surface area is 200 Å². The molecule has 6 nitrogen and oxygen atoms in total. The smallest absolute Gasteiger partial charge is 0.335 e. The van der Waals surface area contributed by atoms with Crippen LogP contribution < -0.4 is 15.0 Å². The number of hydrogen-bond acceptors (Lipinski definition) is 4. The van der Waals surface area contributed by atoms with Gasteiger partial charge in [-0.3, -0.25) is 14.9 Å². The minimum Gasteiger partial charge on any atom is -0.494 e. The fraction of sp³-hybridized carbons (Fsp3) is 0.115. The lowest BCUT2D eigenvalue weighted by Gasteiger charge is -2.26. The molecule has 4 amide bonds. The predicted molar refractivity (Wildman–Crippen MR) is 127 cm³/mol. The van der Waals surface area contributed by atoms with Crippen LogP contribution in [-0.2, 0) is 16.0 Å². The number of benzene rings is 3. The third kappa shape index (κ3) is 4.70. The van der Waals surface area contributed by atoms with Gasteiger partial charge in [-0.15, -0.1) is 0 Å². The Kier molecular flexibility index (Phi) is 6.75. The highest BCUT2D eigenvalue weighted by Gasteiger charge is 2.36. The Balaban J connectivity index is 1.73. The first-order valence-corrected chi connectivity index (χ1v) is 10.9. The van der Waals surface area contributed by atoms with Crippen molar-refractivity contribution in [3.8, 4) is 5.75 Å². The summed E-state index contributed by atoms with van der Waals surface area (Å²) < 4.78 is 19.9. The van der Waals surface area contributed by atoms with Gasteiger partial charge in [0.05, 0.1) is 12.3 Å². The highest BCUT2D eigenvalue weighted by molar-refractivity contribution is 6.39. The van der Waals surface area contributed by atoms with Crippen LogP contribution >= 0.6 is 11.6 Å². The van der Waals surface area contributed by atoms with Gasteiger partial charge in [-0.2, -0.15) is 0 Å². The van der Waals surface area contributed by atoms with Crippen molar-refractivity contribution in [2.45, 2.75) is 13.3 Å². The van der Waals surface area contributed by atoms with E-state index in [0.717, 1.165) is 4.90 Å². The Morgan fingerprint density at radius 2 is 1.74 bits per heavy atom. The summed E-state index contributed by atoms with van der Waals surface area (Å²) in [6.45, 7) is 2.13. The van der Waals surface area contributed by atoms with Gasteiger partial charge in [0.2, 0.25) is 0 Å². The molecule has 8 heteroatoms. The number of carbonyl (C=O) groups excluding carboxylic acids is 3. The molecule has 0 atom stereocenters. The van der Waals surface area contributed by atoms with Crippen LogP contribution in [-0.4, -0.2) is 24.5 Å². The van der Waals surface area contributed by atoms with Crippen LogP contribution in [0.4, 0.5) is 14.9 Å². The molecule has 1 aliphatic rings. The van der Waals surface area contributed by atoms with Crippen LogP contribution in [0, 0.1) is 5.82 Å². The lowest BCUT2D eigenvalue weighted by Crippen LogP contribution is -2.54. The van der Waals surface area contributed by atoms with Gasteiger partial charge >= 0.3 is 6.03 Å². The summed E-state index contributed by atoms with van der Waals surface area (Å²) in [6.07, 6.45) is 1.55. The molecule has 3 aromatic carbocycles. The number of amides is 4. The highest BCUT2D eigenvalue weighted by atomic mass is 35.5. The second kappa shape index (κ2) is 9.89. The standard InChI is InChI=1S/C26H20ClFN2O4/c1-2-34-23-14-16(13-21(27)19(23)15-17-8-6-7-11-22(17)28)12-20-24(31)29-26(33)30(25(20)32)18-9-4-3-5-10-18/h3-14H,2,15H2,1H3,(H,29,31,33)/b20-12+. The molecule has 0 aliphatic carbocycles. The number of halogens is 2. The highest BCUT2D eigenvalue weighted by Crippen LogP contribution is 2.33. The third-order valence-corrected chi connectivity index (χ3v) is 5.57. The number of nitrogens with one attached hydrogen (secondary N) is 1. The van der Waals surface area contributed by atoms with E-state index < -0.39 is 17.8 Å². The monoisotopic (exact) mass is 478 g/mol. The summed E-state index contributed by atoms with van der Waals surface area (Å²) in [6, 6.07) is 17.0. The van der Waals surface area contributed by atoms with Crippen LogP contribution in [0.1, 0.15) is 23.6 Å². The second-order valence-corrected chi connectivity index (χ2v) is 7.88. The van der Waals surface area contributed by atoms with Crippen molar-refractivity contribution < 1.29 is 23.5 Å². The van der Waals surface area contributed by atoms with Gasteiger partial charge in [0.25, 0.3) is 11.8 Å². The maximum Gasteiger partial charge on any atom is 0.335 e. The van der Waals surface area contributed by atoms with E-state index in [4.69, 9.17) is 16.3 Å². The first kappa shape index (κ1) is 23.2. The maximum atomic E-state index is 14.2. The third-order valence-electron chi connectivity index (χ3n) is 5.23. The summed E-state index contributed by atoms with van der Waals surface area (Å²) in [4.78, 5) is 38.8. The number of carbonyl (C=O) groups is 3. The quantitative estimate of drug-likeness (QED) is 0.393. The fourth-order valence-electron chi connectivity index (χ4n) is 3.64. The largest absolute Gasteiger partial charge is 0.494 e. The molecule has 4 rings (SSSR count). The first-order chi connectivity index (χ1) is 16.4. The Hall–Kier alpha value is -3.97. The van der Waals surface area contributed by atoms with E-state index in [9.17, 15) is 18.8 Å². The molecule has 34 heavy (non-hydrogen) atoms. The predicted octanol–water partition coefficient (Wildman–Crippen LogP) is 5.14. The number of ether oxygens (including phenoxy) is 1. The number of anilines is 1. The van der Waals surface area contributed by atoms with Gasteiger partial charge < -0.3 is 4.74 Å². The number of imide groups is 2. The van der Waals surface area contributed by atoms with Crippen molar-refractivity contribution >= 4 is 41.2 Å². The lowest BCUT2D eigenvalue weighted by atomic mass is 10.00. The maximum absolute atomic E-state index is 14.2. The molecule has 0 saturated carbocycles. The number of nitrogens with zero attached hydrogens (tertiary/aromatic N) is 1. The molecule has 3 aromatic rings. The number of para-hydroxylation sites is 1. The van der Waals surface area contributed by atoms with Gasteiger partial charge in [-0.05, 0) is 54.5 Å². The average Bonchev–Trinajstić information content (AvgIpc) is 2.81.